The Labute approximate surface area is 709 Å². The Morgan fingerprint density at radius 1 is 0.298 bits per heavy atom. The fourth-order valence-electron chi connectivity index (χ4n) is 13.0. The number of nitrogens with zero attached hydrogens (tertiary/aromatic N) is 2. The summed E-state index contributed by atoms with van der Waals surface area (Å²) in [6, 6.07) is -4.68. The normalized spacial score (nSPS) is 14.3. The van der Waals surface area contributed by atoms with E-state index in [1.54, 1.807) is 13.8 Å². The first-order valence-corrected chi connectivity index (χ1v) is 42.3. The Kier molecular flexibility index (Phi) is 54.3. The van der Waals surface area contributed by atoms with Gasteiger partial charge < -0.3 is 143 Å². The van der Waals surface area contributed by atoms with Crippen LogP contribution in [0.15, 0.2) is 58.5 Å². The van der Waals surface area contributed by atoms with E-state index < -0.39 is 155 Å². The molecule has 0 heterocycles. The molecule has 2 aromatic carbocycles. The van der Waals surface area contributed by atoms with Crippen molar-refractivity contribution in [2.24, 2.45) is 84.7 Å². The van der Waals surface area contributed by atoms with E-state index in [4.69, 9.17) is 68.8 Å². The van der Waals surface area contributed by atoms with Gasteiger partial charge in [0.15, 0.2) is 11.9 Å². The van der Waals surface area contributed by atoms with Gasteiger partial charge in [-0.15, -0.1) is 0 Å². The number of guanidine groups is 2. The van der Waals surface area contributed by atoms with Crippen LogP contribution in [0.5, 0.6) is 11.5 Å². The largest absolute Gasteiger partial charge is 0.508 e. The maximum atomic E-state index is 15.1. The Balaban J connectivity index is 2.70. The van der Waals surface area contributed by atoms with Gasteiger partial charge in [0, 0.05) is 32.9 Å². The molecule has 0 radical (unpaired) electrons. The summed E-state index contributed by atoms with van der Waals surface area (Å²) in [4.78, 5) is 195. The molecule has 41 nitrogen and oxygen atoms in total. The number of nitrogens with one attached hydrogen (secondary N) is 12. The number of amides is 13. The van der Waals surface area contributed by atoms with E-state index in [1.807, 2.05) is 0 Å². The minimum atomic E-state index is -1.55. The lowest BCUT2D eigenvalue weighted by Crippen LogP contribution is -2.61. The number of phenols is 2. The van der Waals surface area contributed by atoms with E-state index >= 15 is 14.4 Å². The molecule has 0 saturated heterocycles. The summed E-state index contributed by atoms with van der Waals surface area (Å²) < 4.78 is 0. The molecule has 38 N–H and O–H groups in total. The van der Waals surface area contributed by atoms with Crippen molar-refractivity contribution in [3.8, 4) is 11.5 Å². The number of phenolic OH excluding ortho intramolecular Hbond substituents is 2. The zero-order valence-corrected chi connectivity index (χ0v) is 70.8. The van der Waals surface area contributed by atoms with Crippen molar-refractivity contribution in [3.05, 3.63) is 59.7 Å². The number of primary amides is 1. The number of benzene rings is 2. The number of aliphatic imine (C=N–C) groups is 2. The zero-order chi connectivity index (χ0) is 90.2. The molecule has 0 spiro atoms. The first-order chi connectivity index (χ1) is 57.8. The first-order valence-electron chi connectivity index (χ1n) is 42.3. The van der Waals surface area contributed by atoms with Gasteiger partial charge in [-0.3, -0.25) is 72.3 Å². The van der Waals surface area contributed by atoms with E-state index in [1.165, 1.54) is 55.5 Å². The molecule has 0 saturated carbocycles. The van der Waals surface area contributed by atoms with E-state index in [0.717, 1.165) is 0 Å². The number of carbonyl (C=O) groups excluding carboxylic acids is 13. The Hall–Kier alpha value is -10.6. The van der Waals surface area contributed by atoms with Crippen LogP contribution in [0.4, 0.5) is 0 Å². The molecule has 13 amide bonds. The molecule has 682 valence electrons. The molecule has 41 heteroatoms. The minimum Gasteiger partial charge on any atom is -0.508 e. The van der Waals surface area contributed by atoms with Crippen molar-refractivity contribution in [3.63, 3.8) is 0 Å². The molecular weight excluding hydrogens is 1570 g/mol. The van der Waals surface area contributed by atoms with Gasteiger partial charge in [-0.1, -0.05) is 44.5 Å². The first kappa shape index (κ1) is 106. The predicted octanol–water partition coefficient (Wildman–Crippen LogP) is -4.74. The molecule has 0 fully saturated rings. The third-order valence-corrected chi connectivity index (χ3v) is 20.1. The van der Waals surface area contributed by atoms with Crippen molar-refractivity contribution in [1.29, 1.82) is 0 Å². The SMILES string of the molecule is CCC(C)[C@H](NC(=O)[C@H](CCCN=C(N)N)NC(=O)[C@H](Cc1ccc(O)cc1)NC(=O)[C@H](Cc1ccc(O)cc1)NC(=O)[C@H](CCCN=C(N)N)NC(C)=O)C(=O)N[C@@H](CCCCN)C(=O)N[C@@H](CCCCN)C(=O)N[C@@H](CCCCN)C(=O)N[C@@H](CCCCN)C(=O)N[C@@H](CCCCN)C(=O)N[C@@H](CCCCN)C(=O)N[C@@H](CCCCN)C(N)=O. The van der Waals surface area contributed by atoms with Crippen LogP contribution in [0.2, 0.25) is 0 Å². The standard InChI is InChI=1S/C80H142N26O15/c1-4-49(2)66(106-75(118)63(29-20-46-94-80(91)92)102-76(119)64(47-51-30-34-53(108)35-31-51)105-77(120)65(48-52-32-36-54(109)37-33-52)104-68(111)56(95-50(3)107)28-19-45-93-79(89)90)78(121)103-62(27-11-18-44-87)74(117)101-61(26-10-17-43-86)73(116)100-60(25-9-16-42-85)72(115)99-59(24-8-15-41-84)71(114)98-58(23-7-14-40-83)70(113)97-57(22-6-13-39-82)69(112)96-55(67(88)110)21-5-12-38-81/h30-37,49,55-66,108-109H,4-29,38-48,81-87H2,1-3H3,(H2,88,110)(H,95,107)(H,96,112)(H,97,113)(H,98,114)(H,99,115)(H,100,116)(H,101,117)(H,102,119)(H,103,121)(H,104,111)(H,105,120)(H,106,118)(H4,89,90,93)(H4,91,92,94)/t49?,55-,56-,57-,58-,59-,60-,61-,62-,63-,64-,65-,66-/m0/s1. The average molecular weight is 1710 g/mol. The van der Waals surface area contributed by atoms with Crippen LogP contribution in [0.3, 0.4) is 0 Å². The number of aromatic hydroxyl groups is 2. The van der Waals surface area contributed by atoms with Crippen molar-refractivity contribution < 1.29 is 72.5 Å². The van der Waals surface area contributed by atoms with E-state index in [0.29, 0.717) is 101 Å². The van der Waals surface area contributed by atoms with Gasteiger partial charge in [-0.05, 0) is 248 Å². The molecule has 2 aromatic rings. The summed E-state index contributed by atoms with van der Waals surface area (Å²) >= 11 is 0. The topological polar surface area (TPSA) is 744 Å². The quantitative estimate of drug-likeness (QED) is 0.0168. The smallest absolute Gasteiger partial charge is 0.243 e. The minimum absolute atomic E-state index is 0.00557. The lowest BCUT2D eigenvalue weighted by molar-refractivity contribution is -0.137. The summed E-state index contributed by atoms with van der Waals surface area (Å²) in [6.07, 6.45) is 5.83. The monoisotopic (exact) mass is 1710 g/mol. The second-order valence-electron chi connectivity index (χ2n) is 30.3. The van der Waals surface area contributed by atoms with E-state index in [9.17, 15) is 58.2 Å². The van der Waals surface area contributed by atoms with Crippen LogP contribution >= 0.6 is 0 Å². The molecule has 1 unspecified atom stereocenters. The van der Waals surface area contributed by atoms with Crippen LogP contribution in [-0.4, -0.2) is 230 Å². The highest BCUT2D eigenvalue weighted by molar-refractivity contribution is 6.00. The highest BCUT2D eigenvalue weighted by Crippen LogP contribution is 2.19. The molecule has 0 bridgehead atoms. The van der Waals surface area contributed by atoms with Gasteiger partial charge in [0.2, 0.25) is 76.8 Å². The maximum absolute atomic E-state index is 15.1. The molecular formula is C80H142N26O15. The second-order valence-corrected chi connectivity index (χ2v) is 30.3. The average Bonchev–Trinajstić information content (AvgIpc) is 0.840. The predicted molar refractivity (Wildman–Crippen MR) is 461 cm³/mol. The van der Waals surface area contributed by atoms with Crippen LogP contribution in [0, 0.1) is 5.92 Å². The zero-order valence-electron chi connectivity index (χ0n) is 70.8. The van der Waals surface area contributed by atoms with Crippen molar-refractivity contribution in [2.45, 2.75) is 273 Å². The summed E-state index contributed by atoms with van der Waals surface area (Å²) in [7, 11) is 0. The van der Waals surface area contributed by atoms with Crippen molar-refractivity contribution in [1.82, 2.24) is 63.8 Å². The van der Waals surface area contributed by atoms with E-state index in [2.05, 4.69) is 73.8 Å². The fourth-order valence-corrected chi connectivity index (χ4v) is 13.0. The fraction of sp³-hybridized carbons (Fsp3) is 0.662. The number of nitrogens with two attached hydrogens (primary N) is 12. The number of carbonyl (C=O) groups is 13. The molecule has 0 aromatic heterocycles. The Bertz CT molecular complexity index is 3540. The number of rotatable bonds is 66. The molecule has 0 aliphatic carbocycles. The Morgan fingerprint density at radius 3 is 0.752 bits per heavy atom. The van der Waals surface area contributed by atoms with Gasteiger partial charge in [0.05, 0.1) is 0 Å². The third-order valence-electron chi connectivity index (χ3n) is 20.1. The van der Waals surface area contributed by atoms with E-state index in [-0.39, 0.29) is 172 Å². The van der Waals surface area contributed by atoms with Crippen LogP contribution in [0.25, 0.3) is 0 Å². The highest BCUT2D eigenvalue weighted by atomic mass is 16.3. The van der Waals surface area contributed by atoms with Gasteiger partial charge >= 0.3 is 0 Å². The number of hydrogen-bond donors (Lipinski definition) is 26. The molecule has 2 rings (SSSR count). The summed E-state index contributed by atoms with van der Waals surface area (Å²) in [5.74, 6) is -11.7. The van der Waals surface area contributed by atoms with Gasteiger partial charge in [-0.2, -0.15) is 0 Å². The Morgan fingerprint density at radius 2 is 0.512 bits per heavy atom. The summed E-state index contributed by atoms with van der Waals surface area (Å²) in [5, 5.41) is 53.3. The molecule has 0 aliphatic heterocycles. The van der Waals surface area contributed by atoms with Gasteiger partial charge in [0.1, 0.15) is 84.0 Å². The van der Waals surface area contributed by atoms with Crippen LogP contribution in [0.1, 0.15) is 199 Å². The van der Waals surface area contributed by atoms with Crippen LogP contribution in [-0.2, 0) is 75.2 Å². The number of unbranched alkanes of at least 4 members (excludes halogenated alkanes) is 7. The highest BCUT2D eigenvalue weighted by Gasteiger charge is 2.38. The van der Waals surface area contributed by atoms with Crippen molar-refractivity contribution in [2.75, 3.05) is 58.9 Å². The maximum Gasteiger partial charge on any atom is 0.243 e. The third kappa shape index (κ3) is 44.5. The molecule has 0 aliphatic rings. The second kappa shape index (κ2) is 61.7. The lowest BCUT2D eigenvalue weighted by atomic mass is 9.96. The van der Waals surface area contributed by atoms with Crippen LogP contribution < -0.4 is 133 Å². The van der Waals surface area contributed by atoms with Crippen molar-refractivity contribution >= 4 is 88.7 Å². The summed E-state index contributed by atoms with van der Waals surface area (Å²) in [5.41, 5.74) is 69.9. The molecule has 121 heavy (non-hydrogen) atoms. The lowest BCUT2D eigenvalue weighted by Gasteiger charge is -2.30. The van der Waals surface area contributed by atoms with Gasteiger partial charge in [0.25, 0.3) is 0 Å². The molecule has 13 atom stereocenters. The summed E-state index contributed by atoms with van der Waals surface area (Å²) in [6.45, 7) is 6.40. The number of hydrogen-bond acceptors (Lipinski definition) is 24. The van der Waals surface area contributed by atoms with Gasteiger partial charge in [-0.25, -0.2) is 0 Å².